The number of amides is 1. The van der Waals surface area contributed by atoms with Crippen molar-refractivity contribution in [3.63, 3.8) is 0 Å². The number of carbonyl (C=O) groups is 1. The Balaban J connectivity index is 1.53. The van der Waals surface area contributed by atoms with E-state index in [1.807, 2.05) is 6.08 Å². The second kappa shape index (κ2) is 7.38. The van der Waals surface area contributed by atoms with Gasteiger partial charge in [-0.1, -0.05) is 6.08 Å². The maximum Gasteiger partial charge on any atom is 0.414 e. The van der Waals surface area contributed by atoms with Crippen LogP contribution >= 0.6 is 11.7 Å². The number of aromatic nitrogens is 2. The topological polar surface area (TPSA) is 76.6 Å². The fraction of sp³-hybridized carbons (Fsp3) is 0.353. The summed E-state index contributed by atoms with van der Waals surface area (Å²) in [5.41, 5.74) is 2.00. The predicted octanol–water partition coefficient (Wildman–Crippen LogP) is 2.46. The van der Waals surface area contributed by atoms with Gasteiger partial charge in [-0.2, -0.15) is 4.37 Å². The minimum atomic E-state index is -0.511. The molecule has 0 spiro atoms. The highest BCUT2D eigenvalue weighted by Gasteiger charge is 2.35. The molecule has 0 saturated carbocycles. The van der Waals surface area contributed by atoms with Gasteiger partial charge in [0.15, 0.2) is 0 Å². The molecule has 4 rings (SSSR count). The molecular formula is C17H17FN4O3S. The molecule has 26 heavy (non-hydrogen) atoms. The third-order valence-corrected chi connectivity index (χ3v) is 4.83. The number of hydrogen-bond acceptors (Lipinski definition) is 7. The fourth-order valence-corrected chi connectivity index (χ4v) is 3.45. The number of cyclic esters (lactones) is 1. The summed E-state index contributed by atoms with van der Waals surface area (Å²) in [5, 5.41) is 3.21. The zero-order valence-electron chi connectivity index (χ0n) is 13.9. The van der Waals surface area contributed by atoms with E-state index in [1.54, 1.807) is 12.1 Å². The number of benzene rings is 1. The highest BCUT2D eigenvalue weighted by atomic mass is 32.1. The van der Waals surface area contributed by atoms with E-state index >= 15 is 0 Å². The fourth-order valence-electron chi connectivity index (χ4n) is 3.08. The number of ether oxygens (including phenoxy) is 2. The Labute approximate surface area is 153 Å². The van der Waals surface area contributed by atoms with E-state index in [-0.39, 0.29) is 25.1 Å². The highest BCUT2D eigenvalue weighted by molar-refractivity contribution is 6.99. The smallest absolute Gasteiger partial charge is 0.414 e. The van der Waals surface area contributed by atoms with Crippen LogP contribution in [0.25, 0.3) is 5.57 Å². The van der Waals surface area contributed by atoms with Crippen molar-refractivity contribution < 1.29 is 18.7 Å². The zero-order chi connectivity index (χ0) is 17.9. The Morgan fingerprint density at radius 1 is 1.46 bits per heavy atom. The molecule has 2 aliphatic heterocycles. The molecule has 1 aromatic heterocycles. The molecule has 0 bridgehead atoms. The molecule has 9 heteroatoms. The quantitative estimate of drug-likeness (QED) is 0.864. The zero-order valence-corrected chi connectivity index (χ0v) is 14.7. The summed E-state index contributed by atoms with van der Waals surface area (Å²) < 4.78 is 33.1. The van der Waals surface area contributed by atoms with Crippen LogP contribution in [0.4, 0.5) is 14.9 Å². The van der Waals surface area contributed by atoms with Crippen LogP contribution in [0, 0.1) is 5.82 Å². The Kier molecular flexibility index (Phi) is 4.81. The second-order valence-corrected chi connectivity index (χ2v) is 6.56. The molecular weight excluding hydrogens is 359 g/mol. The molecule has 1 fully saturated rings. The molecule has 0 radical (unpaired) electrons. The second-order valence-electron chi connectivity index (χ2n) is 6.01. The average Bonchev–Trinajstić information content (AvgIpc) is 3.30. The van der Waals surface area contributed by atoms with Crippen molar-refractivity contribution >= 4 is 29.1 Å². The lowest BCUT2D eigenvalue weighted by molar-refractivity contribution is 0.175. The van der Waals surface area contributed by atoms with Crippen LogP contribution in [0.3, 0.4) is 0 Å². The first kappa shape index (κ1) is 16.9. The van der Waals surface area contributed by atoms with Gasteiger partial charge in [0.05, 0.1) is 17.4 Å². The van der Waals surface area contributed by atoms with Crippen LogP contribution in [-0.2, 0) is 4.74 Å². The lowest BCUT2D eigenvalue weighted by Crippen LogP contribution is -2.38. The van der Waals surface area contributed by atoms with Gasteiger partial charge >= 0.3 is 6.09 Å². The summed E-state index contributed by atoms with van der Waals surface area (Å²) in [4.78, 5) is 13.5. The van der Waals surface area contributed by atoms with Gasteiger partial charge in [-0.15, -0.1) is 4.37 Å². The van der Waals surface area contributed by atoms with Gasteiger partial charge in [-0.25, -0.2) is 9.18 Å². The number of halogens is 1. The van der Waals surface area contributed by atoms with Crippen molar-refractivity contribution in [1.82, 2.24) is 14.1 Å². The molecule has 2 aliphatic rings. The van der Waals surface area contributed by atoms with Crippen LogP contribution < -0.4 is 15.0 Å². The number of anilines is 1. The lowest BCUT2D eigenvalue weighted by atomic mass is 9.99. The monoisotopic (exact) mass is 376 g/mol. The number of nitrogens with one attached hydrogen (secondary N) is 1. The van der Waals surface area contributed by atoms with Crippen molar-refractivity contribution in [1.29, 1.82) is 0 Å². The first-order chi connectivity index (χ1) is 12.7. The third-order valence-electron chi connectivity index (χ3n) is 4.37. The van der Waals surface area contributed by atoms with Gasteiger partial charge in [-0.3, -0.25) is 4.90 Å². The molecule has 2 aromatic rings. The van der Waals surface area contributed by atoms with E-state index in [0.29, 0.717) is 17.1 Å². The van der Waals surface area contributed by atoms with E-state index in [9.17, 15) is 9.18 Å². The molecule has 1 aromatic carbocycles. The number of hydrogen-bond donors (Lipinski definition) is 1. The summed E-state index contributed by atoms with van der Waals surface area (Å²) in [7, 11) is 0. The number of rotatable bonds is 5. The van der Waals surface area contributed by atoms with Gasteiger partial charge < -0.3 is 14.8 Å². The first-order valence-corrected chi connectivity index (χ1v) is 9.01. The van der Waals surface area contributed by atoms with Gasteiger partial charge in [0.2, 0.25) is 5.88 Å². The molecule has 7 nitrogen and oxygen atoms in total. The molecule has 1 amide bonds. The summed E-state index contributed by atoms with van der Waals surface area (Å²) in [6.07, 6.45) is 3.77. The maximum atomic E-state index is 14.7. The van der Waals surface area contributed by atoms with E-state index < -0.39 is 6.09 Å². The van der Waals surface area contributed by atoms with Crippen molar-refractivity contribution in [2.24, 2.45) is 0 Å². The molecule has 1 atom stereocenters. The molecule has 136 valence electrons. The molecule has 0 aliphatic carbocycles. The Bertz CT molecular complexity index is 827. The number of nitrogens with zero attached hydrogens (tertiary/aromatic N) is 3. The molecule has 1 saturated heterocycles. The minimum Gasteiger partial charge on any atom is -0.474 e. The van der Waals surface area contributed by atoms with Crippen molar-refractivity contribution in [2.75, 3.05) is 31.2 Å². The van der Waals surface area contributed by atoms with Gasteiger partial charge in [-0.05, 0) is 36.7 Å². The molecule has 3 heterocycles. The first-order valence-electron chi connectivity index (χ1n) is 8.28. The summed E-state index contributed by atoms with van der Waals surface area (Å²) in [6.45, 7) is 1.93. The Morgan fingerprint density at radius 3 is 3.12 bits per heavy atom. The van der Waals surface area contributed by atoms with Gasteiger partial charge in [0, 0.05) is 12.1 Å². The summed E-state index contributed by atoms with van der Waals surface area (Å²) in [6, 6.07) is 4.48. The largest absolute Gasteiger partial charge is 0.474 e. The van der Waals surface area contributed by atoms with Crippen LogP contribution in [-0.4, -0.2) is 47.2 Å². The van der Waals surface area contributed by atoms with Crippen molar-refractivity contribution in [3.05, 3.63) is 41.9 Å². The average molecular weight is 376 g/mol. The predicted molar refractivity (Wildman–Crippen MR) is 94.9 cm³/mol. The van der Waals surface area contributed by atoms with E-state index in [2.05, 4.69) is 14.1 Å². The maximum absolute atomic E-state index is 14.7. The summed E-state index contributed by atoms with van der Waals surface area (Å²) >= 11 is 1.04. The molecule has 0 unspecified atom stereocenters. The Morgan fingerprint density at radius 2 is 2.38 bits per heavy atom. The van der Waals surface area contributed by atoms with E-state index in [0.717, 1.165) is 36.8 Å². The minimum absolute atomic E-state index is 0.177. The van der Waals surface area contributed by atoms with Crippen LogP contribution in [0.1, 0.15) is 12.0 Å². The lowest BCUT2D eigenvalue weighted by Gasteiger charge is -2.22. The molecule has 1 N–H and O–H groups in total. The normalized spacial score (nSPS) is 20.0. The van der Waals surface area contributed by atoms with Crippen LogP contribution in [0.15, 0.2) is 30.5 Å². The van der Waals surface area contributed by atoms with Crippen molar-refractivity contribution in [2.45, 2.75) is 12.5 Å². The van der Waals surface area contributed by atoms with Crippen LogP contribution in [0.5, 0.6) is 5.88 Å². The summed E-state index contributed by atoms with van der Waals surface area (Å²) in [5.74, 6) is 0.0485. The third kappa shape index (κ3) is 3.40. The van der Waals surface area contributed by atoms with Crippen molar-refractivity contribution in [3.8, 4) is 5.88 Å². The number of carbonyl (C=O) groups excluding carboxylic acids is 1. The Hall–Kier alpha value is -2.52. The standard InChI is InChI=1S/C17H17FN4O3S/c18-15-7-12(1-2-14(15)11-3-5-19-6-4-11)22-13(10-25-17(22)23)9-24-16-8-20-26-21-16/h1-3,7-8,13,19H,4-6,9-10H2/t13-/m1/s1. The highest BCUT2D eigenvalue weighted by Crippen LogP contribution is 2.29. The van der Waals surface area contributed by atoms with Gasteiger partial charge in [0.25, 0.3) is 0 Å². The van der Waals surface area contributed by atoms with E-state index in [1.165, 1.54) is 17.2 Å². The van der Waals surface area contributed by atoms with E-state index in [4.69, 9.17) is 9.47 Å². The van der Waals surface area contributed by atoms with Crippen LogP contribution in [0.2, 0.25) is 0 Å². The SMILES string of the molecule is O=C1OC[C@@H](COc2cnsn2)N1c1ccc(C2=CCNCC2)c(F)c1. The van der Waals surface area contributed by atoms with Gasteiger partial charge in [0.1, 0.15) is 31.3 Å².